The fourth-order valence-corrected chi connectivity index (χ4v) is 3.65. The summed E-state index contributed by atoms with van der Waals surface area (Å²) in [5.74, 6) is -0.273. The van der Waals surface area contributed by atoms with E-state index in [-0.39, 0.29) is 16.4 Å². The molecule has 0 bridgehead atoms. The summed E-state index contributed by atoms with van der Waals surface area (Å²) in [6.07, 6.45) is -0.0590. The number of hydrogen-bond acceptors (Lipinski definition) is 4. The standard InChI is InChI=1S/C28H28F3N3O3S/c1-2-3-4-5-17-37-24-15-11-20(12-16-24)26(36)34-27(38)33-22-13-9-19(10-14-22)25(35)32-23-8-6-7-21(18-23)28(29,30)31/h6-16,18H,2-5,17H2,1H3,(H,32,35)(H2,33,34,36,38). The van der Waals surface area contributed by atoms with E-state index in [9.17, 15) is 22.8 Å². The fourth-order valence-electron chi connectivity index (χ4n) is 3.44. The molecular weight excluding hydrogens is 515 g/mol. The molecule has 200 valence electrons. The Labute approximate surface area is 224 Å². The van der Waals surface area contributed by atoms with Crippen LogP contribution in [0.1, 0.15) is 58.9 Å². The zero-order chi connectivity index (χ0) is 27.5. The van der Waals surface area contributed by atoms with Crippen molar-refractivity contribution >= 4 is 40.5 Å². The highest BCUT2D eigenvalue weighted by Crippen LogP contribution is 2.30. The number of anilines is 2. The third-order valence-electron chi connectivity index (χ3n) is 5.46. The van der Waals surface area contributed by atoms with E-state index < -0.39 is 23.6 Å². The average Bonchev–Trinajstić information content (AvgIpc) is 2.89. The molecule has 0 aliphatic rings. The second-order valence-corrected chi connectivity index (χ2v) is 8.86. The molecule has 0 heterocycles. The number of rotatable bonds is 10. The van der Waals surface area contributed by atoms with E-state index in [2.05, 4.69) is 22.9 Å². The van der Waals surface area contributed by atoms with Gasteiger partial charge in [-0.1, -0.05) is 32.3 Å². The van der Waals surface area contributed by atoms with Crippen LogP contribution in [0.25, 0.3) is 0 Å². The highest BCUT2D eigenvalue weighted by Gasteiger charge is 2.30. The molecule has 10 heteroatoms. The van der Waals surface area contributed by atoms with Gasteiger partial charge in [0.1, 0.15) is 5.75 Å². The Bertz CT molecular complexity index is 1250. The fraction of sp³-hybridized carbons (Fsp3) is 0.250. The number of carbonyl (C=O) groups excluding carboxylic acids is 2. The van der Waals surface area contributed by atoms with E-state index in [1.807, 2.05) is 0 Å². The predicted molar refractivity (Wildman–Crippen MR) is 146 cm³/mol. The summed E-state index contributed by atoms with van der Waals surface area (Å²) in [6.45, 7) is 2.78. The first-order chi connectivity index (χ1) is 18.2. The third-order valence-corrected chi connectivity index (χ3v) is 5.67. The van der Waals surface area contributed by atoms with Crippen LogP contribution < -0.4 is 20.7 Å². The van der Waals surface area contributed by atoms with Crippen LogP contribution in [0, 0.1) is 0 Å². The van der Waals surface area contributed by atoms with Gasteiger partial charge in [-0.2, -0.15) is 13.2 Å². The number of carbonyl (C=O) groups is 2. The van der Waals surface area contributed by atoms with E-state index >= 15 is 0 Å². The lowest BCUT2D eigenvalue weighted by Crippen LogP contribution is -2.34. The molecule has 0 radical (unpaired) electrons. The number of halogens is 3. The first-order valence-electron chi connectivity index (χ1n) is 12.1. The summed E-state index contributed by atoms with van der Waals surface area (Å²) < 4.78 is 44.3. The molecule has 0 atom stereocenters. The number of hydrogen-bond donors (Lipinski definition) is 3. The monoisotopic (exact) mass is 543 g/mol. The number of unbranched alkanes of at least 4 members (excludes halogenated alkanes) is 3. The largest absolute Gasteiger partial charge is 0.494 e. The Morgan fingerprint density at radius 3 is 2.13 bits per heavy atom. The summed E-state index contributed by atoms with van der Waals surface area (Å²) in [5.41, 5.74) is 0.331. The minimum Gasteiger partial charge on any atom is -0.494 e. The van der Waals surface area contributed by atoms with Crippen LogP contribution in [-0.2, 0) is 6.18 Å². The molecule has 3 rings (SSSR count). The van der Waals surface area contributed by atoms with Crippen molar-refractivity contribution in [2.75, 3.05) is 17.2 Å². The normalized spacial score (nSPS) is 10.9. The topological polar surface area (TPSA) is 79.5 Å². The van der Waals surface area contributed by atoms with Gasteiger partial charge in [-0.05, 0) is 85.4 Å². The third kappa shape index (κ3) is 8.88. The number of benzene rings is 3. The molecule has 3 aromatic rings. The lowest BCUT2D eigenvalue weighted by Gasteiger charge is -2.12. The number of amides is 2. The first kappa shape index (κ1) is 28.6. The summed E-state index contributed by atoms with van der Waals surface area (Å²) in [6, 6.07) is 17.2. The Hall–Kier alpha value is -3.92. The van der Waals surface area contributed by atoms with Crippen LogP contribution in [0.15, 0.2) is 72.8 Å². The van der Waals surface area contributed by atoms with Crippen molar-refractivity contribution in [3.8, 4) is 5.75 Å². The smallest absolute Gasteiger partial charge is 0.416 e. The van der Waals surface area contributed by atoms with Gasteiger partial charge in [0, 0.05) is 22.5 Å². The highest BCUT2D eigenvalue weighted by molar-refractivity contribution is 7.80. The summed E-state index contributed by atoms with van der Waals surface area (Å²) in [7, 11) is 0. The van der Waals surface area contributed by atoms with Crippen molar-refractivity contribution in [2.24, 2.45) is 0 Å². The Kier molecular flexibility index (Phi) is 10.2. The Morgan fingerprint density at radius 2 is 1.47 bits per heavy atom. The molecule has 0 aliphatic heterocycles. The van der Waals surface area contributed by atoms with Crippen LogP contribution in [-0.4, -0.2) is 23.5 Å². The molecule has 0 unspecified atom stereocenters. The molecule has 0 saturated carbocycles. The van der Waals surface area contributed by atoms with Crippen LogP contribution >= 0.6 is 12.2 Å². The Morgan fingerprint density at radius 1 is 0.816 bits per heavy atom. The maximum absolute atomic E-state index is 12.9. The van der Waals surface area contributed by atoms with Gasteiger partial charge in [0.25, 0.3) is 11.8 Å². The molecule has 6 nitrogen and oxygen atoms in total. The van der Waals surface area contributed by atoms with Crippen molar-refractivity contribution in [1.29, 1.82) is 0 Å². The van der Waals surface area contributed by atoms with Crippen LogP contribution in [0.3, 0.4) is 0 Å². The number of alkyl halides is 3. The number of nitrogens with one attached hydrogen (secondary N) is 3. The van der Waals surface area contributed by atoms with Gasteiger partial charge in [0.05, 0.1) is 12.2 Å². The molecule has 0 aliphatic carbocycles. The first-order valence-corrected chi connectivity index (χ1v) is 12.5. The van der Waals surface area contributed by atoms with Crippen LogP contribution in [0.4, 0.5) is 24.5 Å². The number of ether oxygens (including phenoxy) is 1. The molecule has 3 N–H and O–H groups in total. The summed E-state index contributed by atoms with van der Waals surface area (Å²) >= 11 is 5.20. The summed E-state index contributed by atoms with van der Waals surface area (Å²) in [5, 5.41) is 7.95. The van der Waals surface area contributed by atoms with Gasteiger partial charge < -0.3 is 15.4 Å². The zero-order valence-electron chi connectivity index (χ0n) is 20.7. The van der Waals surface area contributed by atoms with Crippen LogP contribution in [0.2, 0.25) is 0 Å². The maximum atomic E-state index is 12.9. The van der Waals surface area contributed by atoms with Gasteiger partial charge in [-0.3, -0.25) is 14.9 Å². The molecule has 3 aromatic carbocycles. The summed E-state index contributed by atoms with van der Waals surface area (Å²) in [4.78, 5) is 24.9. The van der Waals surface area contributed by atoms with Gasteiger partial charge in [0.2, 0.25) is 0 Å². The predicted octanol–water partition coefficient (Wildman–Crippen LogP) is 7.04. The van der Waals surface area contributed by atoms with Crippen molar-refractivity contribution in [1.82, 2.24) is 5.32 Å². The van der Waals surface area contributed by atoms with Gasteiger partial charge in [-0.25, -0.2) is 0 Å². The van der Waals surface area contributed by atoms with E-state index in [0.717, 1.165) is 31.4 Å². The van der Waals surface area contributed by atoms with Crippen LogP contribution in [0.5, 0.6) is 5.75 Å². The van der Waals surface area contributed by atoms with Crippen molar-refractivity contribution < 1.29 is 27.5 Å². The minimum atomic E-state index is -4.51. The zero-order valence-corrected chi connectivity index (χ0v) is 21.5. The molecule has 0 fully saturated rings. The van der Waals surface area contributed by atoms with E-state index in [0.29, 0.717) is 23.6 Å². The van der Waals surface area contributed by atoms with Crippen molar-refractivity contribution in [2.45, 2.75) is 38.8 Å². The van der Waals surface area contributed by atoms with E-state index in [4.69, 9.17) is 17.0 Å². The van der Waals surface area contributed by atoms with Gasteiger partial charge in [-0.15, -0.1) is 0 Å². The Balaban J connectivity index is 1.48. The molecule has 0 aromatic heterocycles. The molecular formula is C28H28F3N3O3S. The van der Waals surface area contributed by atoms with Crippen molar-refractivity contribution in [3.05, 3.63) is 89.5 Å². The average molecular weight is 544 g/mol. The lowest BCUT2D eigenvalue weighted by molar-refractivity contribution is -0.137. The molecule has 0 saturated heterocycles. The second kappa shape index (κ2) is 13.6. The maximum Gasteiger partial charge on any atom is 0.416 e. The van der Waals surface area contributed by atoms with E-state index in [1.54, 1.807) is 36.4 Å². The van der Waals surface area contributed by atoms with Gasteiger partial charge >= 0.3 is 6.18 Å². The van der Waals surface area contributed by atoms with Gasteiger partial charge in [0.15, 0.2) is 5.11 Å². The van der Waals surface area contributed by atoms with E-state index in [1.165, 1.54) is 30.7 Å². The highest BCUT2D eigenvalue weighted by atomic mass is 32.1. The van der Waals surface area contributed by atoms with Crippen molar-refractivity contribution in [3.63, 3.8) is 0 Å². The molecule has 0 spiro atoms. The SMILES string of the molecule is CCCCCCOc1ccc(C(=O)NC(=S)Nc2ccc(C(=O)Nc3cccc(C(F)(F)F)c3)cc2)cc1. The molecule has 38 heavy (non-hydrogen) atoms. The molecule has 2 amide bonds. The number of thiocarbonyl (C=S) groups is 1. The second-order valence-electron chi connectivity index (χ2n) is 8.45. The quantitative estimate of drug-likeness (QED) is 0.189. The minimum absolute atomic E-state index is 0.0301. The lowest BCUT2D eigenvalue weighted by atomic mass is 10.1.